The molecule has 0 aliphatic rings. The Morgan fingerprint density at radius 1 is 1.25 bits per heavy atom. The molecule has 10 heteroatoms. The number of benzene rings is 1. The number of nitriles is 1. The van der Waals surface area contributed by atoms with Crippen LogP contribution in [-0.2, 0) is 11.2 Å². The van der Waals surface area contributed by atoms with E-state index in [1.807, 2.05) is 49.4 Å². The number of hydrogen-bond donors (Lipinski definition) is 2. The highest BCUT2D eigenvalue weighted by Crippen LogP contribution is 2.23. The normalized spacial score (nSPS) is 11.9. The number of fused-ring (bicyclic) bond motifs is 1. The van der Waals surface area contributed by atoms with Crippen LogP contribution in [-0.4, -0.2) is 37.9 Å². The van der Waals surface area contributed by atoms with E-state index < -0.39 is 6.04 Å². The van der Waals surface area contributed by atoms with Gasteiger partial charge in [0.15, 0.2) is 5.82 Å². The molecule has 3 aromatic heterocycles. The third-order valence-corrected chi connectivity index (χ3v) is 5.11. The fraction of sp³-hybridized carbons (Fsp3) is 0.227. The zero-order valence-electron chi connectivity index (χ0n) is 17.7. The van der Waals surface area contributed by atoms with E-state index in [1.165, 1.54) is 6.33 Å². The van der Waals surface area contributed by atoms with E-state index in [4.69, 9.17) is 15.6 Å². The Balaban J connectivity index is 1.88. The smallest absolute Gasteiger partial charge is 0.282 e. The summed E-state index contributed by atoms with van der Waals surface area (Å²) in [6.45, 7) is 2.33. The predicted octanol–water partition coefficient (Wildman–Crippen LogP) is 2.09. The molecule has 0 amide bonds. The van der Waals surface area contributed by atoms with Crippen molar-refractivity contribution >= 4 is 17.2 Å². The molecule has 3 heterocycles. The molecule has 0 saturated heterocycles. The first-order valence-corrected chi connectivity index (χ1v) is 9.99. The van der Waals surface area contributed by atoms with E-state index in [-0.39, 0.29) is 22.8 Å². The topological polar surface area (TPSA) is 136 Å². The molecule has 4 rings (SSSR count). The monoisotopic (exact) mass is 430 g/mol. The first kappa shape index (κ1) is 21.0. The molecule has 0 spiro atoms. The van der Waals surface area contributed by atoms with Crippen molar-refractivity contribution in [3.63, 3.8) is 0 Å². The number of ether oxygens (including phenoxy) is 1. The fourth-order valence-corrected chi connectivity index (χ4v) is 3.55. The summed E-state index contributed by atoms with van der Waals surface area (Å²) in [7, 11) is 1.62. The quantitative estimate of drug-likeness (QED) is 0.455. The molecule has 4 aromatic rings. The number of para-hydroxylation sites is 1. The van der Waals surface area contributed by atoms with Crippen LogP contribution >= 0.6 is 0 Å². The van der Waals surface area contributed by atoms with E-state index >= 15 is 0 Å². The molecule has 10 nitrogen and oxygen atoms in total. The number of nitrogens with zero attached hydrogens (tertiary/aromatic N) is 6. The standard InChI is InChI=1S/C22H22N8O2/c1-14(27-20-17(12-23)19(24)25-13-26-20)21-28-29-10-8-15(9-11-32-2)18(29)22(31)30(21)16-6-4-3-5-7-16/h3-8,10,13-14H,9,11H2,1-2H3,(H3,24,25,26,27)/t14-/m0/s1. The van der Waals surface area contributed by atoms with Crippen molar-refractivity contribution in [1.82, 2.24) is 24.1 Å². The summed E-state index contributed by atoms with van der Waals surface area (Å²) in [6.07, 6.45) is 3.63. The van der Waals surface area contributed by atoms with Crippen molar-refractivity contribution in [2.75, 3.05) is 24.8 Å². The van der Waals surface area contributed by atoms with Crippen molar-refractivity contribution in [2.24, 2.45) is 0 Å². The Bertz CT molecular complexity index is 1350. The molecule has 0 radical (unpaired) electrons. The lowest BCUT2D eigenvalue weighted by Gasteiger charge is -2.20. The second-order valence-electron chi connectivity index (χ2n) is 7.17. The Kier molecular flexibility index (Phi) is 5.83. The molecule has 0 fully saturated rings. The van der Waals surface area contributed by atoms with Gasteiger partial charge >= 0.3 is 0 Å². The highest BCUT2D eigenvalue weighted by Gasteiger charge is 2.22. The molecule has 32 heavy (non-hydrogen) atoms. The van der Waals surface area contributed by atoms with Gasteiger partial charge in [-0.25, -0.2) is 14.5 Å². The molecule has 162 valence electrons. The number of nitrogen functional groups attached to an aromatic ring is 1. The molecule has 3 N–H and O–H groups in total. The van der Waals surface area contributed by atoms with E-state index in [1.54, 1.807) is 22.4 Å². The first-order chi connectivity index (χ1) is 15.5. The Morgan fingerprint density at radius 3 is 2.75 bits per heavy atom. The van der Waals surface area contributed by atoms with Gasteiger partial charge in [0, 0.05) is 13.3 Å². The van der Waals surface area contributed by atoms with Crippen molar-refractivity contribution in [3.05, 3.63) is 76.2 Å². The van der Waals surface area contributed by atoms with Crippen LogP contribution in [0, 0.1) is 11.3 Å². The van der Waals surface area contributed by atoms with Gasteiger partial charge in [-0.05, 0) is 37.1 Å². The van der Waals surface area contributed by atoms with Gasteiger partial charge in [-0.2, -0.15) is 10.4 Å². The van der Waals surface area contributed by atoms with Crippen LogP contribution < -0.4 is 16.6 Å². The molecule has 0 aliphatic carbocycles. The molecule has 0 aliphatic heterocycles. The van der Waals surface area contributed by atoms with Crippen molar-refractivity contribution in [3.8, 4) is 11.8 Å². The summed E-state index contributed by atoms with van der Waals surface area (Å²) in [5.41, 5.74) is 7.77. The number of rotatable bonds is 7. The highest BCUT2D eigenvalue weighted by atomic mass is 16.5. The van der Waals surface area contributed by atoms with E-state index in [2.05, 4.69) is 15.3 Å². The predicted molar refractivity (Wildman–Crippen MR) is 120 cm³/mol. The minimum Gasteiger partial charge on any atom is -0.384 e. The van der Waals surface area contributed by atoms with Crippen LogP contribution in [0.3, 0.4) is 0 Å². The van der Waals surface area contributed by atoms with Gasteiger partial charge in [-0.15, -0.1) is 0 Å². The molecule has 0 unspecified atom stereocenters. The Labute approximate surface area is 183 Å². The van der Waals surface area contributed by atoms with Crippen LogP contribution in [0.4, 0.5) is 11.6 Å². The highest BCUT2D eigenvalue weighted by molar-refractivity contribution is 5.62. The van der Waals surface area contributed by atoms with E-state index in [0.29, 0.717) is 30.1 Å². The van der Waals surface area contributed by atoms with Crippen molar-refractivity contribution in [2.45, 2.75) is 19.4 Å². The molecule has 1 atom stereocenters. The number of anilines is 2. The second-order valence-corrected chi connectivity index (χ2v) is 7.17. The van der Waals surface area contributed by atoms with Gasteiger partial charge in [-0.3, -0.25) is 9.36 Å². The SMILES string of the molecule is COCCc1ccn2nc([C@H](C)Nc3ncnc(N)c3C#N)n(-c3ccccc3)c(=O)c12. The van der Waals surface area contributed by atoms with Crippen LogP contribution in [0.15, 0.2) is 53.7 Å². The average Bonchev–Trinajstić information content (AvgIpc) is 3.21. The van der Waals surface area contributed by atoms with Crippen molar-refractivity contribution < 1.29 is 4.74 Å². The Morgan fingerprint density at radius 2 is 2.03 bits per heavy atom. The lowest BCUT2D eigenvalue weighted by Crippen LogP contribution is -2.30. The molecular weight excluding hydrogens is 408 g/mol. The van der Waals surface area contributed by atoms with Crippen LogP contribution in [0.2, 0.25) is 0 Å². The van der Waals surface area contributed by atoms with Gasteiger partial charge in [0.2, 0.25) is 0 Å². The summed E-state index contributed by atoms with van der Waals surface area (Å²) in [6, 6.07) is 12.7. The Hall–Kier alpha value is -4.23. The zero-order valence-corrected chi connectivity index (χ0v) is 17.7. The largest absolute Gasteiger partial charge is 0.384 e. The summed E-state index contributed by atoms with van der Waals surface area (Å²) in [5.74, 6) is 0.799. The summed E-state index contributed by atoms with van der Waals surface area (Å²) in [5, 5.41) is 17.3. The van der Waals surface area contributed by atoms with Crippen LogP contribution in [0.5, 0.6) is 0 Å². The number of aromatic nitrogens is 5. The average molecular weight is 430 g/mol. The first-order valence-electron chi connectivity index (χ1n) is 9.99. The maximum absolute atomic E-state index is 13.7. The van der Waals surface area contributed by atoms with E-state index in [0.717, 1.165) is 5.56 Å². The third kappa shape index (κ3) is 3.77. The number of methoxy groups -OCH3 is 1. The summed E-state index contributed by atoms with van der Waals surface area (Å²) < 4.78 is 8.33. The third-order valence-electron chi connectivity index (χ3n) is 5.11. The minimum atomic E-state index is -0.487. The van der Waals surface area contributed by atoms with Crippen LogP contribution in [0.25, 0.3) is 11.2 Å². The lowest BCUT2D eigenvalue weighted by molar-refractivity contribution is 0.202. The fourth-order valence-electron chi connectivity index (χ4n) is 3.55. The van der Waals surface area contributed by atoms with Gasteiger partial charge in [0.25, 0.3) is 5.56 Å². The summed E-state index contributed by atoms with van der Waals surface area (Å²) >= 11 is 0. The summed E-state index contributed by atoms with van der Waals surface area (Å²) in [4.78, 5) is 21.7. The van der Waals surface area contributed by atoms with E-state index in [9.17, 15) is 10.1 Å². The number of nitrogens with two attached hydrogens (primary N) is 1. The lowest BCUT2D eigenvalue weighted by atomic mass is 10.2. The molecular formula is C22H22N8O2. The maximum Gasteiger partial charge on any atom is 0.282 e. The maximum atomic E-state index is 13.7. The van der Waals surface area contributed by atoms with Gasteiger partial charge in [0.05, 0.1) is 18.3 Å². The molecule has 0 bridgehead atoms. The minimum absolute atomic E-state index is 0.0780. The zero-order chi connectivity index (χ0) is 22.7. The van der Waals surface area contributed by atoms with Gasteiger partial charge in [-0.1, -0.05) is 18.2 Å². The second kappa shape index (κ2) is 8.87. The van der Waals surface area contributed by atoms with Gasteiger partial charge in [0.1, 0.15) is 35.1 Å². The molecule has 0 saturated carbocycles. The number of nitrogens with one attached hydrogen (secondary N) is 1. The van der Waals surface area contributed by atoms with Crippen molar-refractivity contribution in [1.29, 1.82) is 5.26 Å². The van der Waals surface area contributed by atoms with Gasteiger partial charge < -0.3 is 15.8 Å². The molecule has 1 aromatic carbocycles. The van der Waals surface area contributed by atoms with Crippen LogP contribution in [0.1, 0.15) is 29.9 Å². The number of hydrogen-bond acceptors (Lipinski definition) is 8.